The Kier molecular flexibility index (Phi) is 3.36. The third-order valence-electron chi connectivity index (χ3n) is 4.69. The first-order valence-electron chi connectivity index (χ1n) is 7.60. The second-order valence-electron chi connectivity index (χ2n) is 6.45. The van der Waals surface area contributed by atoms with Crippen molar-refractivity contribution in [3.05, 3.63) is 29.8 Å². The van der Waals surface area contributed by atoms with Gasteiger partial charge in [-0.3, -0.25) is 4.79 Å². The maximum Gasteiger partial charge on any atom is 0.240 e. The summed E-state index contributed by atoms with van der Waals surface area (Å²) in [6.07, 6.45) is 3.04. The van der Waals surface area contributed by atoms with Crippen LogP contribution in [0.2, 0.25) is 0 Å². The van der Waals surface area contributed by atoms with E-state index in [-0.39, 0.29) is 5.91 Å². The molecule has 1 aliphatic carbocycles. The van der Waals surface area contributed by atoms with Crippen molar-refractivity contribution in [2.75, 3.05) is 11.4 Å². The normalized spacial score (nSPS) is 23.1. The van der Waals surface area contributed by atoms with Gasteiger partial charge in [0.25, 0.3) is 0 Å². The second kappa shape index (κ2) is 5.07. The van der Waals surface area contributed by atoms with Gasteiger partial charge in [0.1, 0.15) is 5.54 Å². The Morgan fingerprint density at radius 2 is 2.19 bits per heavy atom. The van der Waals surface area contributed by atoms with Crippen LogP contribution in [0.4, 0.5) is 5.69 Å². The summed E-state index contributed by atoms with van der Waals surface area (Å²) < 4.78 is 0. The summed E-state index contributed by atoms with van der Waals surface area (Å²) in [5, 5.41) is 12.3. The molecule has 110 valence electrons. The summed E-state index contributed by atoms with van der Waals surface area (Å²) >= 11 is 0. The quantitative estimate of drug-likeness (QED) is 0.922. The van der Waals surface area contributed by atoms with E-state index in [1.165, 1.54) is 5.56 Å². The zero-order valence-corrected chi connectivity index (χ0v) is 12.6. The van der Waals surface area contributed by atoms with Gasteiger partial charge in [-0.1, -0.05) is 18.2 Å². The van der Waals surface area contributed by atoms with Gasteiger partial charge in [0.05, 0.1) is 12.6 Å². The maximum absolute atomic E-state index is 12.4. The van der Waals surface area contributed by atoms with Gasteiger partial charge in [-0.25, -0.2) is 0 Å². The van der Waals surface area contributed by atoms with Gasteiger partial charge in [0, 0.05) is 11.7 Å². The van der Waals surface area contributed by atoms with Crippen LogP contribution in [-0.4, -0.2) is 24.0 Å². The molecule has 0 radical (unpaired) electrons. The lowest BCUT2D eigenvalue weighted by Crippen LogP contribution is -2.51. The van der Waals surface area contributed by atoms with Crippen LogP contribution in [0, 0.1) is 17.2 Å². The third kappa shape index (κ3) is 2.61. The Morgan fingerprint density at radius 3 is 2.86 bits per heavy atom. The van der Waals surface area contributed by atoms with Crippen LogP contribution in [0.1, 0.15) is 32.3 Å². The fraction of sp³-hybridized carbons (Fsp3) is 0.529. The molecule has 1 aromatic carbocycles. The number of anilines is 1. The summed E-state index contributed by atoms with van der Waals surface area (Å²) in [6, 6.07) is 10.8. The van der Waals surface area contributed by atoms with Crippen molar-refractivity contribution >= 4 is 11.6 Å². The number of amides is 1. The summed E-state index contributed by atoms with van der Waals surface area (Å²) in [5.41, 5.74) is 1.73. The summed E-state index contributed by atoms with van der Waals surface area (Å²) in [4.78, 5) is 14.5. The highest BCUT2D eigenvalue weighted by molar-refractivity contribution is 5.83. The van der Waals surface area contributed by atoms with E-state index >= 15 is 0 Å². The molecule has 21 heavy (non-hydrogen) atoms. The highest BCUT2D eigenvalue weighted by Gasteiger charge is 2.43. The van der Waals surface area contributed by atoms with Crippen LogP contribution < -0.4 is 10.2 Å². The molecule has 0 aromatic heterocycles. The van der Waals surface area contributed by atoms with E-state index in [0.29, 0.717) is 18.5 Å². The molecule has 4 heteroatoms. The number of nitriles is 1. The molecule has 1 amide bonds. The predicted octanol–water partition coefficient (Wildman–Crippen LogP) is 2.25. The smallest absolute Gasteiger partial charge is 0.240 e. The molecule has 4 nitrogen and oxygen atoms in total. The number of carbonyl (C=O) groups is 1. The highest BCUT2D eigenvalue weighted by atomic mass is 16.2. The molecular formula is C17H21N3O. The van der Waals surface area contributed by atoms with Gasteiger partial charge >= 0.3 is 0 Å². The molecule has 0 spiro atoms. The molecule has 1 N–H and O–H groups in total. The van der Waals surface area contributed by atoms with Gasteiger partial charge in [-0.2, -0.15) is 5.26 Å². The van der Waals surface area contributed by atoms with Crippen LogP contribution in [0.15, 0.2) is 24.3 Å². The number of benzene rings is 1. The van der Waals surface area contributed by atoms with Gasteiger partial charge < -0.3 is 10.2 Å². The lowest BCUT2D eigenvalue weighted by atomic mass is 9.98. The molecule has 0 saturated heterocycles. The lowest BCUT2D eigenvalue weighted by molar-refractivity contribution is -0.121. The van der Waals surface area contributed by atoms with Crippen molar-refractivity contribution in [2.24, 2.45) is 5.92 Å². The molecule has 1 heterocycles. The van der Waals surface area contributed by atoms with Crippen molar-refractivity contribution in [3.8, 4) is 6.07 Å². The van der Waals surface area contributed by atoms with Crippen LogP contribution in [0.25, 0.3) is 0 Å². The molecule has 3 rings (SSSR count). The van der Waals surface area contributed by atoms with Crippen LogP contribution in [-0.2, 0) is 11.2 Å². The summed E-state index contributed by atoms with van der Waals surface area (Å²) in [5.74, 6) is 0.254. The van der Waals surface area contributed by atoms with Crippen molar-refractivity contribution in [1.82, 2.24) is 5.32 Å². The fourth-order valence-corrected chi connectivity index (χ4v) is 3.24. The van der Waals surface area contributed by atoms with Gasteiger partial charge in [0.2, 0.25) is 5.91 Å². The fourth-order valence-electron chi connectivity index (χ4n) is 3.24. The monoisotopic (exact) mass is 283 g/mol. The minimum absolute atomic E-state index is 0.0606. The molecule has 1 saturated carbocycles. The molecule has 1 aliphatic heterocycles. The SMILES string of the molecule is C[C@@H]1Cc2ccccc2N1CC(=O)N[C@](C)(C#N)C1CC1. The number of hydrogen-bond acceptors (Lipinski definition) is 3. The van der Waals surface area contributed by atoms with Crippen molar-refractivity contribution in [1.29, 1.82) is 5.26 Å². The van der Waals surface area contributed by atoms with Gasteiger partial charge in [-0.15, -0.1) is 0 Å². The second-order valence-corrected chi connectivity index (χ2v) is 6.45. The molecule has 1 fully saturated rings. The van der Waals surface area contributed by atoms with Crippen LogP contribution >= 0.6 is 0 Å². The Hall–Kier alpha value is -2.02. The van der Waals surface area contributed by atoms with E-state index in [9.17, 15) is 10.1 Å². The molecule has 0 unspecified atom stereocenters. The van der Waals surface area contributed by atoms with E-state index in [4.69, 9.17) is 0 Å². The third-order valence-corrected chi connectivity index (χ3v) is 4.69. The number of fused-ring (bicyclic) bond motifs is 1. The van der Waals surface area contributed by atoms with Crippen molar-refractivity contribution < 1.29 is 4.79 Å². The molecular weight excluding hydrogens is 262 g/mol. The predicted molar refractivity (Wildman–Crippen MR) is 81.8 cm³/mol. The van der Waals surface area contributed by atoms with Gasteiger partial charge in [-0.05, 0) is 50.7 Å². The standard InChI is InChI=1S/C17H21N3O/c1-12-9-13-5-3-4-6-15(13)20(12)10-16(21)19-17(2,11-18)14-7-8-14/h3-6,12,14H,7-10H2,1-2H3,(H,19,21)/t12-,17-/m1/s1. The number of nitrogens with zero attached hydrogens (tertiary/aromatic N) is 2. The minimum Gasteiger partial charge on any atom is -0.359 e. The lowest BCUT2D eigenvalue weighted by Gasteiger charge is -2.28. The van der Waals surface area contributed by atoms with Crippen LogP contribution in [0.3, 0.4) is 0 Å². The van der Waals surface area contributed by atoms with E-state index in [0.717, 1.165) is 24.9 Å². The van der Waals surface area contributed by atoms with Crippen LogP contribution in [0.5, 0.6) is 0 Å². The van der Waals surface area contributed by atoms with E-state index in [1.807, 2.05) is 19.1 Å². The zero-order valence-electron chi connectivity index (χ0n) is 12.6. The first kappa shape index (κ1) is 13.9. The molecule has 2 aliphatic rings. The largest absolute Gasteiger partial charge is 0.359 e. The van der Waals surface area contributed by atoms with E-state index < -0.39 is 5.54 Å². The first-order valence-corrected chi connectivity index (χ1v) is 7.60. The highest BCUT2D eigenvalue weighted by Crippen LogP contribution is 2.39. The van der Waals surface area contributed by atoms with Gasteiger partial charge in [0.15, 0.2) is 0 Å². The van der Waals surface area contributed by atoms with E-state index in [2.05, 4.69) is 35.3 Å². The molecule has 0 bridgehead atoms. The number of hydrogen-bond donors (Lipinski definition) is 1. The number of para-hydroxylation sites is 1. The zero-order chi connectivity index (χ0) is 15.0. The van der Waals surface area contributed by atoms with Crippen molar-refractivity contribution in [3.63, 3.8) is 0 Å². The number of nitrogens with one attached hydrogen (secondary N) is 1. The Morgan fingerprint density at radius 1 is 1.48 bits per heavy atom. The summed E-state index contributed by atoms with van der Waals surface area (Å²) in [6.45, 7) is 4.30. The average molecular weight is 283 g/mol. The Labute approximate surface area is 125 Å². The maximum atomic E-state index is 12.4. The number of rotatable bonds is 4. The number of carbonyl (C=O) groups excluding carboxylic acids is 1. The summed E-state index contributed by atoms with van der Waals surface area (Å²) in [7, 11) is 0. The topological polar surface area (TPSA) is 56.1 Å². The Bertz CT molecular complexity index is 602. The molecule has 2 atom stereocenters. The first-order chi connectivity index (χ1) is 10.0. The Balaban J connectivity index is 1.69. The molecule has 1 aromatic rings. The van der Waals surface area contributed by atoms with E-state index in [1.54, 1.807) is 0 Å². The van der Waals surface area contributed by atoms with Crippen molar-refractivity contribution in [2.45, 2.75) is 44.7 Å². The average Bonchev–Trinajstić information content (AvgIpc) is 3.26. The minimum atomic E-state index is -0.709.